The molecule has 0 unspecified atom stereocenters. The van der Waals surface area contributed by atoms with Gasteiger partial charge >= 0.3 is 0 Å². The van der Waals surface area contributed by atoms with Crippen LogP contribution in [0.15, 0.2) is 12.1 Å². The second-order valence-electron chi connectivity index (χ2n) is 6.14. The van der Waals surface area contributed by atoms with Gasteiger partial charge in [-0.1, -0.05) is 6.07 Å². The Morgan fingerprint density at radius 3 is 2.62 bits per heavy atom. The number of aryl methyl sites for hydroxylation is 2. The average Bonchev–Trinajstić information content (AvgIpc) is 2.44. The highest BCUT2D eigenvalue weighted by Gasteiger charge is 2.18. The molecule has 116 valence electrons. The van der Waals surface area contributed by atoms with Crippen molar-refractivity contribution in [1.82, 2.24) is 10.2 Å². The number of carbonyl (C=O) groups is 1. The highest BCUT2D eigenvalue weighted by Crippen LogP contribution is 2.23. The lowest BCUT2D eigenvalue weighted by Gasteiger charge is -2.29. The molecule has 0 radical (unpaired) electrons. The van der Waals surface area contributed by atoms with Crippen molar-refractivity contribution in [1.29, 1.82) is 0 Å². The highest BCUT2D eigenvalue weighted by atomic mass is 16.5. The van der Waals surface area contributed by atoms with Gasteiger partial charge in [-0.3, -0.25) is 4.79 Å². The van der Waals surface area contributed by atoms with Crippen LogP contribution in [0.2, 0.25) is 0 Å². The zero-order valence-corrected chi connectivity index (χ0v) is 13.5. The predicted octanol–water partition coefficient (Wildman–Crippen LogP) is 2.20. The van der Waals surface area contributed by atoms with Crippen molar-refractivity contribution < 1.29 is 9.53 Å². The SMILES string of the molecule is Cc1cc(C)c(C)c(OCC(=O)NC2CCN(C)CC2)c1. The molecule has 1 aromatic rings. The van der Waals surface area contributed by atoms with Gasteiger partial charge in [-0.05, 0) is 76.5 Å². The number of amides is 1. The number of ether oxygens (including phenoxy) is 1. The zero-order chi connectivity index (χ0) is 15.4. The van der Waals surface area contributed by atoms with Crippen molar-refractivity contribution in [2.45, 2.75) is 39.7 Å². The fraction of sp³-hybridized carbons (Fsp3) is 0.588. The Hall–Kier alpha value is -1.55. The minimum Gasteiger partial charge on any atom is -0.483 e. The molecule has 1 amide bonds. The average molecular weight is 290 g/mol. The lowest BCUT2D eigenvalue weighted by Crippen LogP contribution is -2.44. The molecule has 21 heavy (non-hydrogen) atoms. The third kappa shape index (κ3) is 4.46. The molecule has 1 heterocycles. The van der Waals surface area contributed by atoms with E-state index in [1.54, 1.807) is 0 Å². The molecule has 0 spiro atoms. The van der Waals surface area contributed by atoms with Gasteiger partial charge in [0.25, 0.3) is 5.91 Å². The number of nitrogens with one attached hydrogen (secondary N) is 1. The summed E-state index contributed by atoms with van der Waals surface area (Å²) in [4.78, 5) is 14.3. The zero-order valence-electron chi connectivity index (χ0n) is 13.5. The number of piperidine rings is 1. The van der Waals surface area contributed by atoms with E-state index in [4.69, 9.17) is 4.74 Å². The first kappa shape index (κ1) is 15.8. The lowest BCUT2D eigenvalue weighted by atomic mass is 10.1. The number of carbonyl (C=O) groups excluding carboxylic acids is 1. The van der Waals surface area contributed by atoms with Crippen LogP contribution in [0.1, 0.15) is 29.5 Å². The fourth-order valence-electron chi connectivity index (χ4n) is 2.72. The van der Waals surface area contributed by atoms with Gasteiger partial charge in [-0.15, -0.1) is 0 Å². The van der Waals surface area contributed by atoms with Crippen molar-refractivity contribution in [2.75, 3.05) is 26.7 Å². The standard InChI is InChI=1S/C17H26N2O2/c1-12-9-13(2)14(3)16(10-12)21-11-17(20)18-15-5-7-19(4)8-6-15/h9-10,15H,5-8,11H2,1-4H3,(H,18,20). The Morgan fingerprint density at radius 1 is 1.29 bits per heavy atom. The van der Waals surface area contributed by atoms with Crippen LogP contribution in [0.25, 0.3) is 0 Å². The van der Waals surface area contributed by atoms with Gasteiger partial charge in [0.2, 0.25) is 0 Å². The third-order valence-electron chi connectivity index (χ3n) is 4.21. The van der Waals surface area contributed by atoms with E-state index in [2.05, 4.69) is 30.3 Å². The molecular weight excluding hydrogens is 264 g/mol. The Kier molecular flexibility index (Phi) is 5.23. The van der Waals surface area contributed by atoms with Crippen molar-refractivity contribution in [3.05, 3.63) is 28.8 Å². The molecule has 2 rings (SSSR count). The molecule has 4 heteroatoms. The minimum atomic E-state index is -0.0249. The van der Waals surface area contributed by atoms with Crippen LogP contribution in [0.3, 0.4) is 0 Å². The number of rotatable bonds is 4. The van der Waals surface area contributed by atoms with Gasteiger partial charge in [0.1, 0.15) is 5.75 Å². The monoisotopic (exact) mass is 290 g/mol. The van der Waals surface area contributed by atoms with Crippen molar-refractivity contribution in [2.24, 2.45) is 0 Å². The summed E-state index contributed by atoms with van der Waals surface area (Å²) in [5, 5.41) is 3.07. The van der Waals surface area contributed by atoms with E-state index in [1.165, 1.54) is 5.56 Å². The van der Waals surface area contributed by atoms with Gasteiger partial charge in [0, 0.05) is 6.04 Å². The van der Waals surface area contributed by atoms with Crippen LogP contribution in [0.5, 0.6) is 5.75 Å². The summed E-state index contributed by atoms with van der Waals surface area (Å²) in [7, 11) is 2.12. The predicted molar refractivity (Wildman–Crippen MR) is 84.8 cm³/mol. The Bertz CT molecular complexity index is 506. The van der Waals surface area contributed by atoms with E-state index in [-0.39, 0.29) is 18.6 Å². The molecule has 1 fully saturated rings. The van der Waals surface area contributed by atoms with Gasteiger partial charge in [0.15, 0.2) is 6.61 Å². The molecule has 1 aliphatic rings. The molecule has 0 atom stereocenters. The van der Waals surface area contributed by atoms with E-state index in [1.807, 2.05) is 19.9 Å². The molecule has 0 bridgehead atoms. The first-order valence-corrected chi connectivity index (χ1v) is 7.64. The molecule has 0 aromatic heterocycles. The number of likely N-dealkylation sites (tertiary alicyclic amines) is 1. The summed E-state index contributed by atoms with van der Waals surface area (Å²) >= 11 is 0. The normalized spacial score (nSPS) is 16.8. The number of nitrogens with zero attached hydrogens (tertiary/aromatic N) is 1. The summed E-state index contributed by atoms with van der Waals surface area (Å²) in [5.74, 6) is 0.786. The molecule has 0 aliphatic carbocycles. The second-order valence-corrected chi connectivity index (χ2v) is 6.14. The van der Waals surface area contributed by atoms with Crippen LogP contribution < -0.4 is 10.1 Å². The molecule has 1 aromatic carbocycles. The van der Waals surface area contributed by atoms with Gasteiger partial charge in [-0.2, -0.15) is 0 Å². The molecule has 1 N–H and O–H groups in total. The summed E-state index contributed by atoms with van der Waals surface area (Å²) in [6.45, 7) is 8.31. The molecule has 1 aliphatic heterocycles. The van der Waals surface area contributed by atoms with Crippen molar-refractivity contribution >= 4 is 5.91 Å². The quantitative estimate of drug-likeness (QED) is 0.924. The summed E-state index contributed by atoms with van der Waals surface area (Å²) in [6, 6.07) is 4.41. The van der Waals surface area contributed by atoms with Crippen LogP contribution >= 0.6 is 0 Å². The van der Waals surface area contributed by atoms with Gasteiger partial charge in [-0.25, -0.2) is 0 Å². The molecule has 0 saturated carbocycles. The second kappa shape index (κ2) is 6.94. The van der Waals surface area contributed by atoms with E-state index in [9.17, 15) is 4.79 Å². The topological polar surface area (TPSA) is 41.6 Å². The highest BCUT2D eigenvalue weighted by molar-refractivity contribution is 5.77. The Balaban J connectivity index is 1.84. The van der Waals surface area contributed by atoms with Crippen LogP contribution in [-0.4, -0.2) is 43.6 Å². The van der Waals surface area contributed by atoms with Crippen molar-refractivity contribution in [3.63, 3.8) is 0 Å². The summed E-state index contributed by atoms with van der Waals surface area (Å²) < 4.78 is 5.70. The van der Waals surface area contributed by atoms with E-state index >= 15 is 0 Å². The lowest BCUT2D eigenvalue weighted by molar-refractivity contribution is -0.124. The van der Waals surface area contributed by atoms with Gasteiger partial charge < -0.3 is 15.0 Å². The molecular formula is C17H26N2O2. The molecule has 1 saturated heterocycles. The van der Waals surface area contributed by atoms with Gasteiger partial charge in [0.05, 0.1) is 0 Å². The van der Waals surface area contributed by atoms with Crippen LogP contribution in [0.4, 0.5) is 0 Å². The smallest absolute Gasteiger partial charge is 0.258 e. The third-order valence-corrected chi connectivity index (χ3v) is 4.21. The fourth-order valence-corrected chi connectivity index (χ4v) is 2.72. The first-order valence-electron chi connectivity index (χ1n) is 7.64. The first-order chi connectivity index (χ1) is 9.95. The van der Waals surface area contributed by atoms with E-state index < -0.39 is 0 Å². The summed E-state index contributed by atoms with van der Waals surface area (Å²) in [5.41, 5.74) is 3.46. The maximum absolute atomic E-state index is 12.0. The van der Waals surface area contributed by atoms with E-state index in [0.29, 0.717) is 0 Å². The number of hydrogen-bond acceptors (Lipinski definition) is 3. The van der Waals surface area contributed by atoms with Crippen LogP contribution in [0, 0.1) is 20.8 Å². The number of benzene rings is 1. The minimum absolute atomic E-state index is 0.0249. The molecule has 4 nitrogen and oxygen atoms in total. The van der Waals surface area contributed by atoms with E-state index in [0.717, 1.165) is 42.8 Å². The van der Waals surface area contributed by atoms with Crippen molar-refractivity contribution in [3.8, 4) is 5.75 Å². The van der Waals surface area contributed by atoms with Crippen LogP contribution in [-0.2, 0) is 4.79 Å². The number of hydrogen-bond donors (Lipinski definition) is 1. The Labute approximate surface area is 127 Å². The maximum Gasteiger partial charge on any atom is 0.258 e. The maximum atomic E-state index is 12.0. The Morgan fingerprint density at radius 2 is 1.95 bits per heavy atom. The largest absolute Gasteiger partial charge is 0.483 e. The summed E-state index contributed by atoms with van der Waals surface area (Å²) in [6.07, 6.45) is 2.04.